The van der Waals surface area contributed by atoms with E-state index in [0.717, 1.165) is 47.7 Å². The molecule has 2 nitrogen and oxygen atoms in total. The maximum atomic E-state index is 9.41. The first-order valence-corrected chi connectivity index (χ1v) is 13.0. The quantitative estimate of drug-likeness (QED) is 0.419. The van der Waals surface area contributed by atoms with Gasteiger partial charge in [0.2, 0.25) is 5.52 Å². The SMILES string of the molecule is [2H]C([2H])(c1cc(B2C(C)=c3ccccc3=C(C(C)(C)C)N2C)[n+](C)c2ccccc12)C1CCCCC1. The monoisotopic (exact) mass is 453 g/mol. The molecule has 3 aromatic rings. The molecule has 0 N–H and O–H groups in total. The molecule has 1 aliphatic heterocycles. The summed E-state index contributed by atoms with van der Waals surface area (Å²) in [7, 11) is 4.37. The molecule has 0 bridgehead atoms. The summed E-state index contributed by atoms with van der Waals surface area (Å²) in [6, 6.07) is 19.4. The van der Waals surface area contributed by atoms with Gasteiger partial charge in [0, 0.05) is 31.4 Å². The second-order valence-corrected chi connectivity index (χ2v) is 11.4. The van der Waals surface area contributed by atoms with E-state index in [1.807, 2.05) is 6.07 Å². The van der Waals surface area contributed by atoms with Crippen molar-refractivity contribution in [2.45, 2.75) is 66.2 Å². The van der Waals surface area contributed by atoms with E-state index in [9.17, 15) is 2.74 Å². The third-order valence-electron chi connectivity index (χ3n) is 7.95. The number of fused-ring (bicyclic) bond motifs is 2. The first-order chi connectivity index (χ1) is 17.0. The van der Waals surface area contributed by atoms with Gasteiger partial charge in [-0.25, -0.2) is 4.57 Å². The van der Waals surface area contributed by atoms with Gasteiger partial charge >= 0.3 is 6.85 Å². The number of rotatable bonds is 3. The Kier molecular flexibility index (Phi) is 5.45. The highest BCUT2D eigenvalue weighted by Crippen LogP contribution is 2.32. The van der Waals surface area contributed by atoms with Crippen LogP contribution < -0.4 is 20.6 Å². The lowest BCUT2D eigenvalue weighted by molar-refractivity contribution is -0.627. The summed E-state index contributed by atoms with van der Waals surface area (Å²) in [6.45, 7) is 9.16. The van der Waals surface area contributed by atoms with E-state index in [2.05, 4.69) is 99.7 Å². The van der Waals surface area contributed by atoms with Crippen molar-refractivity contribution in [1.82, 2.24) is 4.81 Å². The molecule has 5 rings (SSSR count). The van der Waals surface area contributed by atoms with Gasteiger partial charge in [0.1, 0.15) is 7.05 Å². The van der Waals surface area contributed by atoms with Crippen molar-refractivity contribution in [3.05, 3.63) is 70.6 Å². The third-order valence-corrected chi connectivity index (χ3v) is 7.95. The van der Waals surface area contributed by atoms with E-state index >= 15 is 0 Å². The van der Waals surface area contributed by atoms with Crippen LogP contribution in [-0.2, 0) is 13.4 Å². The van der Waals surface area contributed by atoms with Crippen LogP contribution in [0.3, 0.4) is 0 Å². The number of hydrogen-bond acceptors (Lipinski definition) is 1. The molecule has 1 aromatic heterocycles. The second kappa shape index (κ2) is 8.91. The minimum absolute atomic E-state index is 0.0290. The van der Waals surface area contributed by atoms with Gasteiger partial charge in [-0.1, -0.05) is 94.7 Å². The Morgan fingerprint density at radius 1 is 1.00 bits per heavy atom. The van der Waals surface area contributed by atoms with Gasteiger partial charge in [0.05, 0.1) is 0 Å². The van der Waals surface area contributed by atoms with E-state index in [1.165, 1.54) is 28.0 Å². The predicted molar refractivity (Wildman–Crippen MR) is 146 cm³/mol. The number of aryl methyl sites for hydroxylation is 1. The molecule has 34 heavy (non-hydrogen) atoms. The number of para-hydroxylation sites is 1. The Balaban J connectivity index is 1.79. The third kappa shape index (κ3) is 3.98. The van der Waals surface area contributed by atoms with Crippen molar-refractivity contribution in [3.63, 3.8) is 0 Å². The average Bonchev–Trinajstić information content (AvgIpc) is 2.85. The van der Waals surface area contributed by atoms with Gasteiger partial charge in [0.25, 0.3) is 0 Å². The molecular weight excluding hydrogens is 411 g/mol. The van der Waals surface area contributed by atoms with Crippen LogP contribution in [0.2, 0.25) is 0 Å². The number of benzene rings is 2. The van der Waals surface area contributed by atoms with Crippen molar-refractivity contribution in [2.24, 2.45) is 18.4 Å². The summed E-state index contributed by atoms with van der Waals surface area (Å²) in [4.78, 5) is 2.45. The summed E-state index contributed by atoms with van der Waals surface area (Å²) < 4.78 is 21.1. The fourth-order valence-corrected chi connectivity index (χ4v) is 6.45. The van der Waals surface area contributed by atoms with Crippen LogP contribution in [0.25, 0.3) is 22.1 Å². The molecule has 0 amide bonds. The zero-order chi connectivity index (χ0) is 25.8. The van der Waals surface area contributed by atoms with E-state index in [1.54, 1.807) is 0 Å². The molecule has 0 saturated heterocycles. The van der Waals surface area contributed by atoms with Crippen molar-refractivity contribution in [3.8, 4) is 0 Å². The Bertz CT molecular complexity index is 1430. The van der Waals surface area contributed by atoms with Crippen molar-refractivity contribution < 1.29 is 7.31 Å². The predicted octanol–water partition coefficient (Wildman–Crippen LogP) is 4.50. The van der Waals surface area contributed by atoms with Crippen LogP contribution in [0.15, 0.2) is 54.6 Å². The number of pyridine rings is 1. The maximum Gasteiger partial charge on any atom is 0.399 e. The van der Waals surface area contributed by atoms with Crippen molar-refractivity contribution >= 4 is 34.5 Å². The molecule has 3 heteroatoms. The van der Waals surface area contributed by atoms with Crippen LogP contribution in [0, 0.1) is 11.3 Å². The standard InChI is InChI=1S/C31H40BN2/c1-22-25-16-10-11-18-27(25)30(31(2,3)4)34(6)32(22)29-21-24(20-23-14-8-7-9-15-23)26-17-12-13-19-28(26)33(29)5/h10-13,16-19,21,23H,7-9,14-15,20H2,1-6H3/q+1/i20D2. The van der Waals surface area contributed by atoms with Gasteiger partial charge in [-0.15, -0.1) is 0 Å². The van der Waals surface area contributed by atoms with Crippen LogP contribution in [0.1, 0.15) is 68.1 Å². The second-order valence-electron chi connectivity index (χ2n) is 11.4. The molecule has 0 radical (unpaired) electrons. The lowest BCUT2D eigenvalue weighted by Gasteiger charge is -2.39. The lowest BCUT2D eigenvalue weighted by atomic mass is 9.48. The van der Waals surface area contributed by atoms with Crippen LogP contribution in [-0.4, -0.2) is 18.7 Å². The maximum absolute atomic E-state index is 9.41. The Hall–Kier alpha value is -2.55. The van der Waals surface area contributed by atoms with E-state index < -0.39 is 6.37 Å². The summed E-state index contributed by atoms with van der Waals surface area (Å²) in [6.07, 6.45) is 4.08. The zero-order valence-electron chi connectivity index (χ0n) is 23.8. The van der Waals surface area contributed by atoms with Gasteiger partial charge < -0.3 is 4.81 Å². The van der Waals surface area contributed by atoms with E-state index in [0.29, 0.717) is 0 Å². The number of nitrogens with zero attached hydrogens (tertiary/aromatic N) is 2. The Labute approximate surface area is 208 Å². The minimum Gasteiger partial charge on any atom is -0.407 e. The lowest BCUT2D eigenvalue weighted by Crippen LogP contribution is -2.65. The molecule has 1 aliphatic carbocycles. The zero-order valence-corrected chi connectivity index (χ0v) is 21.8. The summed E-state index contributed by atoms with van der Waals surface area (Å²) in [5.41, 5.74) is 5.73. The highest BCUT2D eigenvalue weighted by Gasteiger charge is 2.40. The molecule has 176 valence electrons. The van der Waals surface area contributed by atoms with Crippen LogP contribution in [0.4, 0.5) is 0 Å². The average molecular weight is 453 g/mol. The molecule has 2 aromatic carbocycles. The normalized spacial score (nSPS) is 18.8. The number of hydrogen-bond donors (Lipinski definition) is 0. The van der Waals surface area contributed by atoms with E-state index in [4.69, 9.17) is 0 Å². The molecule has 0 unspecified atom stereocenters. The summed E-state index contributed by atoms with van der Waals surface area (Å²) in [5.74, 6) is 0.0711. The summed E-state index contributed by atoms with van der Waals surface area (Å²) >= 11 is 0. The molecular formula is C31H40BN2+. The fraction of sp³-hybridized carbons (Fsp3) is 0.452. The van der Waals surface area contributed by atoms with Gasteiger partial charge in [-0.05, 0) is 48.3 Å². The van der Waals surface area contributed by atoms with Gasteiger partial charge in [-0.3, -0.25) is 0 Å². The fourth-order valence-electron chi connectivity index (χ4n) is 6.45. The smallest absolute Gasteiger partial charge is 0.399 e. The topological polar surface area (TPSA) is 7.12 Å². The Morgan fingerprint density at radius 2 is 1.65 bits per heavy atom. The molecule has 2 heterocycles. The van der Waals surface area contributed by atoms with E-state index in [-0.39, 0.29) is 18.2 Å². The summed E-state index contributed by atoms with van der Waals surface area (Å²) in [5, 5.41) is 3.65. The Morgan fingerprint density at radius 3 is 2.35 bits per heavy atom. The van der Waals surface area contributed by atoms with Gasteiger partial charge in [-0.2, -0.15) is 0 Å². The van der Waals surface area contributed by atoms with Crippen molar-refractivity contribution in [2.75, 3.05) is 7.05 Å². The van der Waals surface area contributed by atoms with Crippen molar-refractivity contribution in [1.29, 1.82) is 0 Å². The molecule has 0 spiro atoms. The first-order valence-electron chi connectivity index (χ1n) is 14.0. The number of aromatic nitrogens is 1. The van der Waals surface area contributed by atoms with Crippen LogP contribution in [0.5, 0.6) is 0 Å². The highest BCUT2D eigenvalue weighted by atomic mass is 15.1. The minimum atomic E-state index is -1.36. The molecule has 0 atom stereocenters. The first kappa shape index (κ1) is 20.8. The molecule has 1 saturated carbocycles. The largest absolute Gasteiger partial charge is 0.407 e. The van der Waals surface area contributed by atoms with Crippen LogP contribution >= 0.6 is 0 Å². The van der Waals surface area contributed by atoms with Gasteiger partial charge in [0.15, 0.2) is 5.59 Å². The highest BCUT2D eigenvalue weighted by molar-refractivity contribution is 6.86. The molecule has 2 aliphatic rings. The molecule has 1 fully saturated rings.